The Kier molecular flexibility index (Phi) is 3.65. The highest BCUT2D eigenvalue weighted by Crippen LogP contribution is 2.06. The number of hydrogen-bond acceptors (Lipinski definition) is 2. The molecule has 0 N–H and O–H groups in total. The summed E-state index contributed by atoms with van der Waals surface area (Å²) < 4.78 is 0. The lowest BCUT2D eigenvalue weighted by atomic mass is 10.1. The van der Waals surface area contributed by atoms with E-state index in [-0.39, 0.29) is 0 Å². The first-order chi connectivity index (χ1) is 6.22. The van der Waals surface area contributed by atoms with Gasteiger partial charge >= 0.3 is 0 Å². The first kappa shape index (κ1) is 9.93. The normalized spacial score (nSPS) is 10.4. The molecule has 13 heavy (non-hydrogen) atoms. The number of hydrogen-bond donors (Lipinski definition) is 0. The first-order valence-electron chi connectivity index (χ1n) is 4.38. The van der Waals surface area contributed by atoms with Crippen LogP contribution in [0.4, 0.5) is 0 Å². The average molecular weight is 177 g/mol. The van der Waals surface area contributed by atoms with E-state index in [1.54, 1.807) is 0 Å². The topological polar surface area (TPSA) is 20.3 Å². The van der Waals surface area contributed by atoms with E-state index >= 15 is 0 Å². The SMILES string of the molecule is CN(C)Cc1cccc(CC=O)c1. The standard InChI is InChI=1S/C11H15NO/c1-12(2)9-11-5-3-4-10(8-11)6-7-13/h3-5,7-8H,6,9H2,1-2H3. The smallest absolute Gasteiger partial charge is 0.124 e. The van der Waals surface area contributed by atoms with Crippen LogP contribution in [0.1, 0.15) is 11.1 Å². The fourth-order valence-corrected chi connectivity index (χ4v) is 1.32. The number of carbonyl (C=O) groups is 1. The van der Waals surface area contributed by atoms with Gasteiger partial charge in [-0.2, -0.15) is 0 Å². The van der Waals surface area contributed by atoms with Crippen molar-refractivity contribution in [3.05, 3.63) is 35.4 Å². The molecule has 0 aliphatic heterocycles. The monoisotopic (exact) mass is 177 g/mol. The van der Waals surface area contributed by atoms with E-state index in [1.807, 2.05) is 26.2 Å². The van der Waals surface area contributed by atoms with E-state index < -0.39 is 0 Å². The van der Waals surface area contributed by atoms with Gasteiger partial charge in [-0.05, 0) is 25.2 Å². The van der Waals surface area contributed by atoms with E-state index in [0.29, 0.717) is 6.42 Å². The molecule has 0 atom stereocenters. The number of rotatable bonds is 4. The predicted octanol–water partition coefficient (Wildman–Crippen LogP) is 1.49. The number of benzene rings is 1. The molecule has 1 aromatic carbocycles. The van der Waals surface area contributed by atoms with E-state index in [4.69, 9.17) is 0 Å². The van der Waals surface area contributed by atoms with Gasteiger partial charge in [-0.3, -0.25) is 0 Å². The van der Waals surface area contributed by atoms with Crippen LogP contribution in [0, 0.1) is 0 Å². The van der Waals surface area contributed by atoms with Crippen molar-refractivity contribution in [2.24, 2.45) is 0 Å². The van der Waals surface area contributed by atoms with Gasteiger partial charge in [0, 0.05) is 13.0 Å². The molecule has 0 saturated heterocycles. The highest BCUT2D eigenvalue weighted by atomic mass is 16.1. The summed E-state index contributed by atoms with van der Waals surface area (Å²) in [5.41, 5.74) is 2.35. The van der Waals surface area contributed by atoms with Crippen molar-refractivity contribution in [3.8, 4) is 0 Å². The second-order valence-corrected chi connectivity index (χ2v) is 3.43. The van der Waals surface area contributed by atoms with E-state index in [2.05, 4.69) is 17.0 Å². The molecule has 0 unspecified atom stereocenters. The minimum Gasteiger partial charge on any atom is -0.305 e. The highest BCUT2D eigenvalue weighted by molar-refractivity contribution is 5.55. The zero-order valence-electron chi connectivity index (χ0n) is 8.16. The van der Waals surface area contributed by atoms with Crippen molar-refractivity contribution in [1.82, 2.24) is 4.90 Å². The van der Waals surface area contributed by atoms with Crippen molar-refractivity contribution in [3.63, 3.8) is 0 Å². The highest BCUT2D eigenvalue weighted by Gasteiger charge is 1.96. The summed E-state index contributed by atoms with van der Waals surface area (Å²) in [4.78, 5) is 12.4. The van der Waals surface area contributed by atoms with Gasteiger partial charge in [0.1, 0.15) is 6.29 Å². The third kappa shape index (κ3) is 3.38. The summed E-state index contributed by atoms with van der Waals surface area (Å²) in [5, 5.41) is 0. The number of aldehydes is 1. The van der Waals surface area contributed by atoms with Gasteiger partial charge in [0.25, 0.3) is 0 Å². The van der Waals surface area contributed by atoms with Crippen LogP contribution in [0.5, 0.6) is 0 Å². The Morgan fingerprint density at radius 1 is 1.31 bits per heavy atom. The summed E-state index contributed by atoms with van der Waals surface area (Å²) in [6, 6.07) is 8.13. The molecule has 0 aromatic heterocycles. The molecule has 70 valence electrons. The Morgan fingerprint density at radius 3 is 2.62 bits per heavy atom. The molecule has 0 radical (unpaired) electrons. The van der Waals surface area contributed by atoms with Gasteiger partial charge in [0.15, 0.2) is 0 Å². The number of carbonyl (C=O) groups excluding carboxylic acids is 1. The van der Waals surface area contributed by atoms with Crippen LogP contribution in [-0.4, -0.2) is 25.3 Å². The molecule has 1 rings (SSSR count). The summed E-state index contributed by atoms with van der Waals surface area (Å²) in [5.74, 6) is 0. The Morgan fingerprint density at radius 2 is 2.00 bits per heavy atom. The molecule has 2 nitrogen and oxygen atoms in total. The lowest BCUT2D eigenvalue weighted by Crippen LogP contribution is -2.10. The Hall–Kier alpha value is -1.15. The Balaban J connectivity index is 2.72. The largest absolute Gasteiger partial charge is 0.305 e. The van der Waals surface area contributed by atoms with Crippen LogP contribution in [0.3, 0.4) is 0 Å². The quantitative estimate of drug-likeness (QED) is 0.649. The summed E-state index contributed by atoms with van der Waals surface area (Å²) in [6.45, 7) is 0.923. The fourth-order valence-electron chi connectivity index (χ4n) is 1.32. The molecule has 0 spiro atoms. The molecule has 1 aromatic rings. The van der Waals surface area contributed by atoms with Gasteiger partial charge in [-0.25, -0.2) is 0 Å². The van der Waals surface area contributed by atoms with Crippen molar-refractivity contribution >= 4 is 6.29 Å². The van der Waals surface area contributed by atoms with Crippen LogP contribution in [0.2, 0.25) is 0 Å². The molecule has 0 aliphatic carbocycles. The zero-order chi connectivity index (χ0) is 9.68. The lowest BCUT2D eigenvalue weighted by molar-refractivity contribution is -0.107. The van der Waals surface area contributed by atoms with Crippen LogP contribution in [0.15, 0.2) is 24.3 Å². The molecule has 0 aliphatic rings. The molecule has 0 bridgehead atoms. The summed E-state index contributed by atoms with van der Waals surface area (Å²) >= 11 is 0. The third-order valence-electron chi connectivity index (χ3n) is 1.81. The molecule has 0 amide bonds. The Bertz CT molecular complexity index is 281. The van der Waals surface area contributed by atoms with Crippen molar-refractivity contribution in [2.45, 2.75) is 13.0 Å². The lowest BCUT2D eigenvalue weighted by Gasteiger charge is -2.09. The predicted molar refractivity (Wildman–Crippen MR) is 53.6 cm³/mol. The van der Waals surface area contributed by atoms with Crippen molar-refractivity contribution in [1.29, 1.82) is 0 Å². The van der Waals surface area contributed by atoms with Crippen LogP contribution in [0.25, 0.3) is 0 Å². The second-order valence-electron chi connectivity index (χ2n) is 3.43. The minimum absolute atomic E-state index is 0.515. The summed E-state index contributed by atoms with van der Waals surface area (Å²) in [6.07, 6.45) is 1.45. The van der Waals surface area contributed by atoms with Crippen LogP contribution < -0.4 is 0 Å². The van der Waals surface area contributed by atoms with Gasteiger partial charge in [0.2, 0.25) is 0 Å². The maximum absolute atomic E-state index is 10.3. The maximum atomic E-state index is 10.3. The van der Waals surface area contributed by atoms with Crippen LogP contribution >= 0.6 is 0 Å². The first-order valence-corrected chi connectivity index (χ1v) is 4.38. The van der Waals surface area contributed by atoms with E-state index in [1.165, 1.54) is 5.56 Å². The fraction of sp³-hybridized carbons (Fsp3) is 0.364. The molecule has 0 saturated carbocycles. The van der Waals surface area contributed by atoms with Gasteiger partial charge in [-0.1, -0.05) is 24.3 Å². The van der Waals surface area contributed by atoms with Crippen LogP contribution in [-0.2, 0) is 17.8 Å². The van der Waals surface area contributed by atoms with E-state index in [0.717, 1.165) is 18.4 Å². The Labute approximate surface area is 79.2 Å². The van der Waals surface area contributed by atoms with Crippen molar-refractivity contribution < 1.29 is 4.79 Å². The maximum Gasteiger partial charge on any atom is 0.124 e. The zero-order valence-corrected chi connectivity index (χ0v) is 8.16. The molecule has 0 fully saturated rings. The third-order valence-corrected chi connectivity index (χ3v) is 1.81. The average Bonchev–Trinajstić information content (AvgIpc) is 2.04. The molecular formula is C11H15NO. The molecular weight excluding hydrogens is 162 g/mol. The van der Waals surface area contributed by atoms with Crippen molar-refractivity contribution in [2.75, 3.05) is 14.1 Å². The number of nitrogens with zero attached hydrogens (tertiary/aromatic N) is 1. The van der Waals surface area contributed by atoms with E-state index in [9.17, 15) is 4.79 Å². The molecule has 2 heteroatoms. The minimum atomic E-state index is 0.515. The van der Waals surface area contributed by atoms with Gasteiger partial charge in [0.05, 0.1) is 0 Å². The van der Waals surface area contributed by atoms with Gasteiger partial charge < -0.3 is 9.69 Å². The molecule has 0 heterocycles. The van der Waals surface area contributed by atoms with Gasteiger partial charge in [-0.15, -0.1) is 0 Å². The summed E-state index contributed by atoms with van der Waals surface area (Å²) in [7, 11) is 4.07. The second kappa shape index (κ2) is 4.77.